The van der Waals surface area contributed by atoms with Crippen molar-refractivity contribution in [3.63, 3.8) is 0 Å². The molecule has 3 heteroatoms. The zero-order valence-corrected chi connectivity index (χ0v) is 13.4. The van der Waals surface area contributed by atoms with Gasteiger partial charge in [-0.15, -0.1) is 11.3 Å². The van der Waals surface area contributed by atoms with Gasteiger partial charge in [0.1, 0.15) is 0 Å². The first-order valence-electron chi connectivity index (χ1n) is 7.63. The molecule has 1 saturated heterocycles. The normalized spacial score (nSPS) is 21.8. The van der Waals surface area contributed by atoms with E-state index < -0.39 is 0 Å². The molecule has 1 aromatic heterocycles. The van der Waals surface area contributed by atoms with E-state index in [2.05, 4.69) is 36.2 Å². The van der Waals surface area contributed by atoms with E-state index in [4.69, 9.17) is 0 Å². The number of nitrogens with zero attached hydrogens (tertiary/aromatic N) is 1. The highest BCUT2D eigenvalue weighted by Crippen LogP contribution is 2.26. The first-order valence-corrected chi connectivity index (χ1v) is 8.45. The molecule has 1 fully saturated rings. The van der Waals surface area contributed by atoms with Crippen molar-refractivity contribution in [2.75, 3.05) is 20.1 Å². The minimum atomic E-state index is 0.851. The molecule has 1 N–H and O–H groups in total. The summed E-state index contributed by atoms with van der Waals surface area (Å²) in [7, 11) is 2.01. The summed E-state index contributed by atoms with van der Waals surface area (Å²) in [6, 6.07) is 4.58. The molecule has 0 radical (unpaired) electrons. The number of thiophene rings is 1. The number of hydrogen-bond acceptors (Lipinski definition) is 3. The van der Waals surface area contributed by atoms with Gasteiger partial charge in [-0.3, -0.25) is 4.90 Å². The van der Waals surface area contributed by atoms with Gasteiger partial charge in [-0.05, 0) is 63.4 Å². The van der Waals surface area contributed by atoms with Crippen LogP contribution in [0.3, 0.4) is 0 Å². The van der Waals surface area contributed by atoms with Crippen molar-refractivity contribution in [1.82, 2.24) is 10.2 Å². The van der Waals surface area contributed by atoms with Gasteiger partial charge in [0, 0.05) is 22.8 Å². The average Bonchev–Trinajstić information content (AvgIpc) is 2.67. The minimum absolute atomic E-state index is 0.851. The minimum Gasteiger partial charge on any atom is -0.315 e. The SMILES string of the molecule is CNCc1ccc(CN2CCCC(C(C)C)CC2)s1. The third kappa shape index (κ3) is 4.59. The predicted molar refractivity (Wildman–Crippen MR) is 84.5 cm³/mol. The van der Waals surface area contributed by atoms with Crippen molar-refractivity contribution >= 4 is 11.3 Å². The lowest BCUT2D eigenvalue weighted by Gasteiger charge is -2.20. The lowest BCUT2D eigenvalue weighted by atomic mass is 9.89. The number of nitrogens with one attached hydrogen (secondary N) is 1. The molecule has 1 aliphatic heterocycles. The molecule has 0 amide bonds. The molecule has 1 aromatic rings. The maximum Gasteiger partial charge on any atom is 0.0328 e. The molecule has 1 unspecified atom stereocenters. The standard InChI is InChI=1S/C16H28N2S/c1-13(2)14-5-4-9-18(10-8-14)12-16-7-6-15(19-16)11-17-3/h6-7,13-14,17H,4-5,8-12H2,1-3H3. The Morgan fingerprint density at radius 3 is 2.79 bits per heavy atom. The first-order chi connectivity index (χ1) is 9.19. The zero-order valence-electron chi connectivity index (χ0n) is 12.6. The van der Waals surface area contributed by atoms with Gasteiger partial charge in [0.2, 0.25) is 0 Å². The number of hydrogen-bond donors (Lipinski definition) is 1. The summed E-state index contributed by atoms with van der Waals surface area (Å²) >= 11 is 1.96. The molecule has 2 heterocycles. The van der Waals surface area contributed by atoms with E-state index in [1.165, 1.54) is 42.1 Å². The van der Waals surface area contributed by atoms with Crippen LogP contribution in [0.4, 0.5) is 0 Å². The third-order valence-electron chi connectivity index (χ3n) is 4.26. The fourth-order valence-electron chi connectivity index (χ4n) is 3.00. The molecule has 0 saturated carbocycles. The molecular weight excluding hydrogens is 252 g/mol. The molecule has 1 aliphatic rings. The fourth-order valence-corrected chi connectivity index (χ4v) is 4.08. The highest BCUT2D eigenvalue weighted by atomic mass is 32.1. The maximum absolute atomic E-state index is 3.23. The van der Waals surface area contributed by atoms with Crippen molar-refractivity contribution in [2.24, 2.45) is 11.8 Å². The van der Waals surface area contributed by atoms with Gasteiger partial charge in [0.25, 0.3) is 0 Å². The Morgan fingerprint density at radius 1 is 1.26 bits per heavy atom. The smallest absolute Gasteiger partial charge is 0.0328 e. The van der Waals surface area contributed by atoms with Crippen molar-refractivity contribution in [3.05, 3.63) is 21.9 Å². The molecule has 1 atom stereocenters. The monoisotopic (exact) mass is 280 g/mol. The summed E-state index contributed by atoms with van der Waals surface area (Å²) in [6.07, 6.45) is 4.17. The molecule has 19 heavy (non-hydrogen) atoms. The third-order valence-corrected chi connectivity index (χ3v) is 5.33. The molecule has 0 bridgehead atoms. The quantitative estimate of drug-likeness (QED) is 0.884. The average molecular weight is 280 g/mol. The highest BCUT2D eigenvalue weighted by Gasteiger charge is 2.19. The van der Waals surface area contributed by atoms with E-state index >= 15 is 0 Å². The summed E-state index contributed by atoms with van der Waals surface area (Å²) in [5, 5.41) is 3.23. The van der Waals surface area contributed by atoms with Crippen LogP contribution in [0.5, 0.6) is 0 Å². The molecule has 2 nitrogen and oxygen atoms in total. The van der Waals surface area contributed by atoms with Gasteiger partial charge in [-0.2, -0.15) is 0 Å². The van der Waals surface area contributed by atoms with E-state index in [-0.39, 0.29) is 0 Å². The summed E-state index contributed by atoms with van der Waals surface area (Å²) in [4.78, 5) is 5.62. The summed E-state index contributed by atoms with van der Waals surface area (Å²) in [5.74, 6) is 1.79. The predicted octanol–water partition coefficient (Wildman–Crippen LogP) is 3.73. The Labute approximate surface area is 122 Å². The van der Waals surface area contributed by atoms with Crippen molar-refractivity contribution < 1.29 is 0 Å². The van der Waals surface area contributed by atoms with Crippen molar-refractivity contribution in [1.29, 1.82) is 0 Å². The maximum atomic E-state index is 3.23. The topological polar surface area (TPSA) is 15.3 Å². The molecule has 108 valence electrons. The van der Waals surface area contributed by atoms with E-state index in [1.807, 2.05) is 18.4 Å². The van der Waals surface area contributed by atoms with Gasteiger partial charge >= 0.3 is 0 Å². The van der Waals surface area contributed by atoms with Crippen LogP contribution >= 0.6 is 11.3 Å². The molecule has 0 aliphatic carbocycles. The Morgan fingerprint density at radius 2 is 2.05 bits per heavy atom. The Bertz CT molecular complexity index is 373. The Balaban J connectivity index is 1.85. The van der Waals surface area contributed by atoms with Crippen LogP contribution in [0.2, 0.25) is 0 Å². The van der Waals surface area contributed by atoms with Crippen LogP contribution < -0.4 is 5.32 Å². The number of likely N-dealkylation sites (tertiary alicyclic amines) is 1. The van der Waals surface area contributed by atoms with E-state index in [0.29, 0.717) is 0 Å². The van der Waals surface area contributed by atoms with Crippen LogP contribution in [0.15, 0.2) is 12.1 Å². The van der Waals surface area contributed by atoms with E-state index in [9.17, 15) is 0 Å². The zero-order chi connectivity index (χ0) is 13.7. The van der Waals surface area contributed by atoms with Gasteiger partial charge in [0.05, 0.1) is 0 Å². The van der Waals surface area contributed by atoms with Crippen LogP contribution in [-0.4, -0.2) is 25.0 Å². The van der Waals surface area contributed by atoms with Crippen molar-refractivity contribution in [2.45, 2.75) is 46.2 Å². The molecule has 0 spiro atoms. The summed E-state index contributed by atoms with van der Waals surface area (Å²) in [6.45, 7) is 9.47. The summed E-state index contributed by atoms with van der Waals surface area (Å²) < 4.78 is 0. The highest BCUT2D eigenvalue weighted by molar-refractivity contribution is 7.11. The second-order valence-electron chi connectivity index (χ2n) is 6.11. The van der Waals surface area contributed by atoms with Gasteiger partial charge < -0.3 is 5.32 Å². The second kappa shape index (κ2) is 7.41. The van der Waals surface area contributed by atoms with Crippen LogP contribution in [0, 0.1) is 11.8 Å². The van der Waals surface area contributed by atoms with Crippen LogP contribution in [-0.2, 0) is 13.1 Å². The van der Waals surface area contributed by atoms with Crippen molar-refractivity contribution in [3.8, 4) is 0 Å². The first kappa shape index (κ1) is 15.0. The van der Waals surface area contributed by atoms with Gasteiger partial charge in [-0.1, -0.05) is 13.8 Å². The lowest BCUT2D eigenvalue weighted by Crippen LogP contribution is -2.24. The van der Waals surface area contributed by atoms with Crippen LogP contribution in [0.25, 0.3) is 0 Å². The lowest BCUT2D eigenvalue weighted by molar-refractivity contribution is 0.267. The molecule has 0 aromatic carbocycles. The Kier molecular flexibility index (Phi) is 5.86. The van der Waals surface area contributed by atoms with E-state index in [1.54, 1.807) is 0 Å². The summed E-state index contributed by atoms with van der Waals surface area (Å²) in [5.41, 5.74) is 0. The van der Waals surface area contributed by atoms with Crippen LogP contribution in [0.1, 0.15) is 42.9 Å². The van der Waals surface area contributed by atoms with Gasteiger partial charge in [-0.25, -0.2) is 0 Å². The second-order valence-corrected chi connectivity index (χ2v) is 7.36. The molecular formula is C16H28N2S. The largest absolute Gasteiger partial charge is 0.315 e. The molecule has 2 rings (SSSR count). The number of rotatable bonds is 5. The van der Waals surface area contributed by atoms with Gasteiger partial charge in [0.15, 0.2) is 0 Å². The fraction of sp³-hybridized carbons (Fsp3) is 0.750. The van der Waals surface area contributed by atoms with E-state index in [0.717, 1.165) is 24.9 Å². The Hall–Kier alpha value is -0.380.